The standard InChI is InChI=1S/C10H13F3N2O4S/c1-19-9-7(11)2-6(3-8(9)14)20(17,18)15-4-10(12,13)5-16/h2-3,15-16H,4-5,14H2,1H3. The van der Waals surface area contributed by atoms with Crippen LogP contribution in [0, 0.1) is 5.82 Å². The van der Waals surface area contributed by atoms with Crippen molar-refractivity contribution in [3.63, 3.8) is 0 Å². The predicted molar refractivity (Wildman–Crippen MR) is 64.6 cm³/mol. The number of alkyl halides is 2. The molecule has 0 bridgehead atoms. The van der Waals surface area contributed by atoms with Crippen molar-refractivity contribution in [3.05, 3.63) is 17.9 Å². The van der Waals surface area contributed by atoms with E-state index in [2.05, 4.69) is 4.74 Å². The van der Waals surface area contributed by atoms with E-state index in [9.17, 15) is 21.6 Å². The molecule has 6 nitrogen and oxygen atoms in total. The second-order valence-electron chi connectivity index (χ2n) is 3.87. The third kappa shape index (κ3) is 3.74. The number of aliphatic hydroxyl groups excluding tert-OH is 1. The van der Waals surface area contributed by atoms with E-state index in [0.717, 1.165) is 13.2 Å². The van der Waals surface area contributed by atoms with Gasteiger partial charge in [0.05, 0.1) is 24.2 Å². The molecule has 10 heteroatoms. The van der Waals surface area contributed by atoms with Gasteiger partial charge in [0.2, 0.25) is 10.0 Å². The van der Waals surface area contributed by atoms with Crippen molar-refractivity contribution < 1.29 is 31.4 Å². The van der Waals surface area contributed by atoms with Crippen LogP contribution >= 0.6 is 0 Å². The van der Waals surface area contributed by atoms with Crippen molar-refractivity contribution in [2.75, 3.05) is 26.0 Å². The molecule has 1 aromatic carbocycles. The van der Waals surface area contributed by atoms with Crippen molar-refractivity contribution in [1.82, 2.24) is 4.72 Å². The Labute approximate surface area is 113 Å². The van der Waals surface area contributed by atoms with Crippen LogP contribution < -0.4 is 15.2 Å². The minimum Gasteiger partial charge on any atom is -0.492 e. The normalized spacial score (nSPS) is 12.4. The molecule has 1 aromatic rings. The molecule has 1 rings (SSSR count). The van der Waals surface area contributed by atoms with E-state index in [4.69, 9.17) is 10.8 Å². The Morgan fingerprint density at radius 3 is 2.50 bits per heavy atom. The first-order chi connectivity index (χ1) is 9.13. The maximum absolute atomic E-state index is 13.5. The SMILES string of the molecule is COc1c(N)cc(S(=O)(=O)NCC(F)(F)CO)cc1F. The van der Waals surface area contributed by atoms with Gasteiger partial charge in [-0.2, -0.15) is 0 Å². The Morgan fingerprint density at radius 2 is 2.05 bits per heavy atom. The highest BCUT2D eigenvalue weighted by molar-refractivity contribution is 7.89. The van der Waals surface area contributed by atoms with Crippen LogP contribution in [0.1, 0.15) is 0 Å². The molecule has 0 unspecified atom stereocenters. The number of rotatable bonds is 6. The van der Waals surface area contributed by atoms with E-state index in [1.807, 2.05) is 0 Å². The lowest BCUT2D eigenvalue weighted by molar-refractivity contribution is -0.0437. The van der Waals surface area contributed by atoms with Crippen LogP contribution in [0.15, 0.2) is 17.0 Å². The average Bonchev–Trinajstić information content (AvgIpc) is 2.36. The topological polar surface area (TPSA) is 102 Å². The summed E-state index contributed by atoms with van der Waals surface area (Å²) in [6, 6.07) is 1.47. The summed E-state index contributed by atoms with van der Waals surface area (Å²) in [5.74, 6) is -5.00. The van der Waals surface area contributed by atoms with Crippen LogP contribution in [0.3, 0.4) is 0 Å². The zero-order valence-corrected chi connectivity index (χ0v) is 11.2. The number of halogens is 3. The highest BCUT2D eigenvalue weighted by Gasteiger charge is 2.30. The van der Waals surface area contributed by atoms with Crippen LogP contribution in [0.5, 0.6) is 5.75 Å². The largest absolute Gasteiger partial charge is 0.492 e. The van der Waals surface area contributed by atoms with E-state index >= 15 is 0 Å². The third-order valence-corrected chi connectivity index (χ3v) is 3.69. The van der Waals surface area contributed by atoms with Gasteiger partial charge in [0.15, 0.2) is 11.6 Å². The van der Waals surface area contributed by atoms with E-state index in [1.165, 1.54) is 0 Å². The maximum atomic E-state index is 13.5. The molecule has 0 aliphatic rings. The van der Waals surface area contributed by atoms with Gasteiger partial charge in [0.25, 0.3) is 5.92 Å². The van der Waals surface area contributed by atoms with Gasteiger partial charge in [-0.25, -0.2) is 26.3 Å². The Bertz CT molecular complexity index is 569. The summed E-state index contributed by atoms with van der Waals surface area (Å²) in [6.07, 6.45) is 0. The molecular weight excluding hydrogens is 301 g/mol. The molecule has 0 spiro atoms. The Balaban J connectivity index is 3.05. The molecule has 114 valence electrons. The Hall–Kier alpha value is -1.52. The van der Waals surface area contributed by atoms with Gasteiger partial charge < -0.3 is 15.6 Å². The molecule has 0 radical (unpaired) electrons. The van der Waals surface area contributed by atoms with Crippen LogP contribution in [0.25, 0.3) is 0 Å². The second-order valence-corrected chi connectivity index (χ2v) is 5.63. The lowest BCUT2D eigenvalue weighted by atomic mass is 10.3. The van der Waals surface area contributed by atoms with Crippen molar-refractivity contribution >= 4 is 15.7 Å². The molecule has 0 aliphatic heterocycles. The predicted octanol–water partition coefficient (Wildman–Crippen LogP) is 0.322. The van der Waals surface area contributed by atoms with Gasteiger partial charge in [0, 0.05) is 0 Å². The molecule has 0 saturated heterocycles. The second kappa shape index (κ2) is 5.85. The maximum Gasteiger partial charge on any atom is 0.283 e. The highest BCUT2D eigenvalue weighted by Crippen LogP contribution is 2.28. The molecule has 0 saturated carbocycles. The van der Waals surface area contributed by atoms with Gasteiger partial charge in [-0.3, -0.25) is 0 Å². The van der Waals surface area contributed by atoms with Crippen LogP contribution in [-0.4, -0.2) is 39.7 Å². The fraction of sp³-hybridized carbons (Fsp3) is 0.400. The number of anilines is 1. The van der Waals surface area contributed by atoms with E-state index in [-0.39, 0.29) is 11.4 Å². The first-order valence-electron chi connectivity index (χ1n) is 5.24. The van der Waals surface area contributed by atoms with Crippen molar-refractivity contribution in [2.24, 2.45) is 0 Å². The minimum absolute atomic E-state index is 0.290. The summed E-state index contributed by atoms with van der Waals surface area (Å²) in [5.41, 5.74) is 5.10. The number of sulfonamides is 1. The molecule has 0 fully saturated rings. The van der Waals surface area contributed by atoms with Crippen LogP contribution in [0.4, 0.5) is 18.9 Å². The highest BCUT2D eigenvalue weighted by atomic mass is 32.2. The molecule has 0 heterocycles. The van der Waals surface area contributed by atoms with E-state index in [1.54, 1.807) is 4.72 Å². The molecule has 4 N–H and O–H groups in total. The zero-order chi connectivity index (χ0) is 15.6. The number of aliphatic hydroxyl groups is 1. The molecule has 0 amide bonds. The number of nitrogens with two attached hydrogens (primary N) is 1. The monoisotopic (exact) mass is 314 g/mol. The molecule has 20 heavy (non-hydrogen) atoms. The number of hydrogen-bond acceptors (Lipinski definition) is 5. The Kier molecular flexibility index (Phi) is 4.84. The molecule has 0 atom stereocenters. The lowest BCUT2D eigenvalue weighted by Crippen LogP contribution is -2.39. The molecular formula is C10H13F3N2O4S. The smallest absolute Gasteiger partial charge is 0.283 e. The summed E-state index contributed by atoms with van der Waals surface area (Å²) in [4.78, 5) is -0.623. The van der Waals surface area contributed by atoms with E-state index < -0.39 is 39.8 Å². The quantitative estimate of drug-likeness (QED) is 0.657. The van der Waals surface area contributed by atoms with Crippen molar-refractivity contribution in [3.8, 4) is 5.75 Å². The number of ether oxygens (including phenoxy) is 1. The zero-order valence-electron chi connectivity index (χ0n) is 10.4. The van der Waals surface area contributed by atoms with Gasteiger partial charge in [-0.05, 0) is 12.1 Å². The van der Waals surface area contributed by atoms with Crippen LogP contribution in [-0.2, 0) is 10.0 Å². The third-order valence-electron chi connectivity index (χ3n) is 2.31. The van der Waals surface area contributed by atoms with Gasteiger partial charge in [-0.15, -0.1) is 0 Å². The summed E-state index contributed by atoms with van der Waals surface area (Å²) < 4.78 is 68.6. The fourth-order valence-corrected chi connectivity index (χ4v) is 2.41. The minimum atomic E-state index is -4.39. The average molecular weight is 314 g/mol. The van der Waals surface area contributed by atoms with Crippen LogP contribution in [0.2, 0.25) is 0 Å². The number of hydrogen-bond donors (Lipinski definition) is 3. The first kappa shape index (κ1) is 16.5. The Morgan fingerprint density at radius 1 is 1.45 bits per heavy atom. The first-order valence-corrected chi connectivity index (χ1v) is 6.72. The summed E-state index contributed by atoms with van der Waals surface area (Å²) in [6.45, 7) is -2.84. The summed E-state index contributed by atoms with van der Waals surface area (Å²) >= 11 is 0. The van der Waals surface area contributed by atoms with Gasteiger partial charge >= 0.3 is 0 Å². The van der Waals surface area contributed by atoms with Crippen molar-refractivity contribution in [2.45, 2.75) is 10.8 Å². The number of nitrogens with one attached hydrogen (secondary N) is 1. The molecule has 0 aromatic heterocycles. The number of benzene rings is 1. The summed E-state index contributed by atoms with van der Waals surface area (Å²) in [7, 11) is -3.25. The molecule has 0 aliphatic carbocycles. The van der Waals surface area contributed by atoms with E-state index in [0.29, 0.717) is 6.07 Å². The number of methoxy groups -OCH3 is 1. The number of nitrogen functional groups attached to an aromatic ring is 1. The fourth-order valence-electron chi connectivity index (χ4n) is 1.30. The van der Waals surface area contributed by atoms with Crippen molar-refractivity contribution in [1.29, 1.82) is 0 Å². The lowest BCUT2D eigenvalue weighted by Gasteiger charge is -2.15. The van der Waals surface area contributed by atoms with Gasteiger partial charge in [0.1, 0.15) is 6.61 Å². The summed E-state index contributed by atoms with van der Waals surface area (Å²) in [5, 5.41) is 8.34. The van der Waals surface area contributed by atoms with Gasteiger partial charge in [-0.1, -0.05) is 0 Å².